The minimum absolute atomic E-state index is 0.0513. The van der Waals surface area contributed by atoms with Crippen molar-refractivity contribution in [2.75, 3.05) is 24.6 Å². The molecule has 4 heterocycles. The first-order chi connectivity index (χ1) is 15.7. The summed E-state index contributed by atoms with van der Waals surface area (Å²) in [7, 11) is 0. The standard InChI is InChI=1S/C23H25F3N6O/c1-12-6-18-20(15-8-17(9-15)23(24,25)26)29-22(30-21(18)28-14(12)3)32-4-5-33-19(11-32)16-7-13(2)31-27-10-16/h6-7,10,15,17,19H,4-5,8-9,11H2,1-3H3/t15?,17?,19-/m1/s1. The molecule has 10 heteroatoms. The number of hydrogen-bond donors (Lipinski definition) is 0. The Morgan fingerprint density at radius 2 is 1.85 bits per heavy atom. The molecule has 2 fully saturated rings. The van der Waals surface area contributed by atoms with Crippen LogP contribution in [0.25, 0.3) is 11.0 Å². The van der Waals surface area contributed by atoms with E-state index >= 15 is 0 Å². The number of alkyl halides is 3. The zero-order valence-corrected chi connectivity index (χ0v) is 18.7. The molecule has 0 aromatic carbocycles. The number of aryl methyl sites for hydroxylation is 3. The van der Waals surface area contributed by atoms with Gasteiger partial charge in [0.15, 0.2) is 5.65 Å². The van der Waals surface area contributed by atoms with E-state index in [2.05, 4.69) is 15.2 Å². The molecule has 0 radical (unpaired) electrons. The molecule has 0 amide bonds. The molecule has 1 saturated carbocycles. The molecule has 174 valence electrons. The largest absolute Gasteiger partial charge is 0.391 e. The van der Waals surface area contributed by atoms with Gasteiger partial charge in [-0.15, -0.1) is 0 Å². The lowest BCUT2D eigenvalue weighted by Gasteiger charge is -2.37. The van der Waals surface area contributed by atoms with Crippen LogP contribution in [0, 0.1) is 26.7 Å². The number of ether oxygens (including phenoxy) is 1. The van der Waals surface area contributed by atoms with Crippen LogP contribution in [0.1, 0.15) is 53.1 Å². The molecule has 0 spiro atoms. The van der Waals surface area contributed by atoms with Crippen molar-refractivity contribution < 1.29 is 17.9 Å². The highest BCUT2D eigenvalue weighted by Crippen LogP contribution is 2.50. The van der Waals surface area contributed by atoms with E-state index in [-0.39, 0.29) is 24.9 Å². The topological polar surface area (TPSA) is 76.9 Å². The molecule has 3 aromatic heterocycles. The molecule has 1 aliphatic carbocycles. The Bertz CT molecular complexity index is 1190. The van der Waals surface area contributed by atoms with Gasteiger partial charge in [-0.3, -0.25) is 0 Å². The summed E-state index contributed by atoms with van der Waals surface area (Å²) in [4.78, 5) is 16.2. The van der Waals surface area contributed by atoms with Gasteiger partial charge in [0, 0.05) is 29.1 Å². The molecule has 1 saturated heterocycles. The molecule has 0 unspecified atom stereocenters. The first kappa shape index (κ1) is 21.9. The fraction of sp³-hybridized carbons (Fsp3) is 0.522. The van der Waals surface area contributed by atoms with Crippen LogP contribution in [0.2, 0.25) is 0 Å². The van der Waals surface area contributed by atoms with Crippen LogP contribution >= 0.6 is 0 Å². The van der Waals surface area contributed by atoms with E-state index in [9.17, 15) is 13.2 Å². The van der Waals surface area contributed by atoms with Crippen molar-refractivity contribution in [3.05, 3.63) is 46.5 Å². The Morgan fingerprint density at radius 3 is 2.58 bits per heavy atom. The van der Waals surface area contributed by atoms with E-state index in [1.54, 1.807) is 6.20 Å². The Labute approximate surface area is 189 Å². The Kier molecular flexibility index (Phi) is 5.43. The van der Waals surface area contributed by atoms with Crippen LogP contribution in [0.4, 0.5) is 19.1 Å². The Balaban J connectivity index is 1.50. The van der Waals surface area contributed by atoms with Crippen LogP contribution in [-0.4, -0.2) is 51.0 Å². The minimum Gasteiger partial charge on any atom is -0.370 e. The van der Waals surface area contributed by atoms with Crippen LogP contribution in [0.5, 0.6) is 0 Å². The number of pyridine rings is 1. The van der Waals surface area contributed by atoms with Crippen molar-refractivity contribution in [2.24, 2.45) is 5.92 Å². The second-order valence-corrected chi connectivity index (χ2v) is 9.01. The number of anilines is 1. The fourth-order valence-electron chi connectivity index (χ4n) is 4.52. The highest BCUT2D eigenvalue weighted by molar-refractivity contribution is 5.80. The lowest BCUT2D eigenvalue weighted by atomic mass is 9.72. The third-order valence-electron chi connectivity index (χ3n) is 6.65. The molecule has 5 rings (SSSR count). The molecular weight excluding hydrogens is 433 g/mol. The lowest BCUT2D eigenvalue weighted by Crippen LogP contribution is -2.40. The molecule has 1 aliphatic heterocycles. The van der Waals surface area contributed by atoms with E-state index in [0.29, 0.717) is 37.0 Å². The summed E-state index contributed by atoms with van der Waals surface area (Å²) in [6.07, 6.45) is -2.60. The summed E-state index contributed by atoms with van der Waals surface area (Å²) < 4.78 is 45.4. The summed E-state index contributed by atoms with van der Waals surface area (Å²) in [5.41, 5.74) is 4.73. The molecule has 33 heavy (non-hydrogen) atoms. The average molecular weight is 458 g/mol. The number of nitrogens with zero attached hydrogens (tertiary/aromatic N) is 6. The third-order valence-corrected chi connectivity index (χ3v) is 6.65. The van der Waals surface area contributed by atoms with Gasteiger partial charge in [-0.05, 0) is 51.3 Å². The molecule has 3 aromatic rings. The Morgan fingerprint density at radius 1 is 1.06 bits per heavy atom. The second kappa shape index (κ2) is 8.16. The molecule has 1 atom stereocenters. The maximum atomic E-state index is 13.1. The predicted molar refractivity (Wildman–Crippen MR) is 116 cm³/mol. The number of morpholine rings is 1. The summed E-state index contributed by atoms with van der Waals surface area (Å²) >= 11 is 0. The van der Waals surface area contributed by atoms with Gasteiger partial charge in [0.1, 0.15) is 6.10 Å². The summed E-state index contributed by atoms with van der Waals surface area (Å²) in [6, 6.07) is 3.89. The van der Waals surface area contributed by atoms with Crippen LogP contribution in [-0.2, 0) is 4.74 Å². The molecule has 0 N–H and O–H groups in total. The monoisotopic (exact) mass is 458 g/mol. The fourth-order valence-corrected chi connectivity index (χ4v) is 4.52. The summed E-state index contributed by atoms with van der Waals surface area (Å²) in [5.74, 6) is -1.05. The zero-order valence-electron chi connectivity index (χ0n) is 18.7. The molecule has 2 aliphatic rings. The lowest BCUT2D eigenvalue weighted by molar-refractivity contribution is -0.197. The van der Waals surface area contributed by atoms with Crippen LogP contribution in [0.3, 0.4) is 0 Å². The van der Waals surface area contributed by atoms with Crippen LogP contribution in [0.15, 0.2) is 18.3 Å². The normalized spacial score (nSPS) is 23.6. The van der Waals surface area contributed by atoms with Gasteiger partial charge in [-0.1, -0.05) is 0 Å². The quantitative estimate of drug-likeness (QED) is 0.577. The first-order valence-electron chi connectivity index (χ1n) is 11.1. The summed E-state index contributed by atoms with van der Waals surface area (Å²) in [5, 5.41) is 8.76. The van der Waals surface area contributed by atoms with Gasteiger partial charge in [0.25, 0.3) is 0 Å². The van der Waals surface area contributed by atoms with Crippen molar-refractivity contribution >= 4 is 17.0 Å². The average Bonchev–Trinajstić information content (AvgIpc) is 2.73. The van der Waals surface area contributed by atoms with Gasteiger partial charge < -0.3 is 9.64 Å². The van der Waals surface area contributed by atoms with E-state index in [1.165, 1.54) is 0 Å². The Hall–Kier alpha value is -2.88. The van der Waals surface area contributed by atoms with E-state index in [1.807, 2.05) is 37.8 Å². The van der Waals surface area contributed by atoms with Gasteiger partial charge in [-0.2, -0.15) is 28.4 Å². The number of fused-ring (bicyclic) bond motifs is 1. The highest BCUT2D eigenvalue weighted by Gasteiger charge is 2.49. The van der Waals surface area contributed by atoms with Gasteiger partial charge in [0.2, 0.25) is 5.95 Å². The zero-order chi connectivity index (χ0) is 23.3. The maximum Gasteiger partial charge on any atom is 0.391 e. The van der Waals surface area contributed by atoms with E-state index in [0.717, 1.165) is 27.9 Å². The van der Waals surface area contributed by atoms with E-state index in [4.69, 9.17) is 14.7 Å². The number of hydrogen-bond acceptors (Lipinski definition) is 7. The van der Waals surface area contributed by atoms with Crippen molar-refractivity contribution in [2.45, 2.75) is 51.8 Å². The molecular formula is C23H25F3N6O. The molecule has 7 nitrogen and oxygen atoms in total. The molecule has 0 bridgehead atoms. The maximum absolute atomic E-state index is 13.1. The van der Waals surface area contributed by atoms with Crippen molar-refractivity contribution in [3.8, 4) is 0 Å². The van der Waals surface area contributed by atoms with Gasteiger partial charge in [-0.25, -0.2) is 9.97 Å². The third kappa shape index (κ3) is 4.23. The van der Waals surface area contributed by atoms with Crippen molar-refractivity contribution in [3.63, 3.8) is 0 Å². The number of aromatic nitrogens is 5. The predicted octanol–water partition coefficient (Wildman–Crippen LogP) is 4.37. The number of halogens is 3. The van der Waals surface area contributed by atoms with Gasteiger partial charge >= 0.3 is 6.18 Å². The smallest absolute Gasteiger partial charge is 0.370 e. The van der Waals surface area contributed by atoms with Crippen molar-refractivity contribution in [1.29, 1.82) is 0 Å². The van der Waals surface area contributed by atoms with Crippen LogP contribution < -0.4 is 4.90 Å². The first-order valence-corrected chi connectivity index (χ1v) is 11.1. The van der Waals surface area contributed by atoms with Crippen molar-refractivity contribution in [1.82, 2.24) is 25.1 Å². The summed E-state index contributed by atoms with van der Waals surface area (Å²) in [6.45, 7) is 7.29. The minimum atomic E-state index is -4.17. The second-order valence-electron chi connectivity index (χ2n) is 9.01. The highest BCUT2D eigenvalue weighted by atomic mass is 19.4. The SMILES string of the molecule is Cc1cc([C@H]2CN(c3nc(C4CC(C(F)(F)F)C4)c4cc(C)c(C)nc4n3)CCO2)cnn1. The van der Waals surface area contributed by atoms with Gasteiger partial charge in [0.05, 0.1) is 36.7 Å². The van der Waals surface area contributed by atoms with E-state index < -0.39 is 12.1 Å². The number of rotatable bonds is 3.